The Morgan fingerprint density at radius 2 is 1.75 bits per heavy atom. The van der Waals surface area contributed by atoms with Crippen LogP contribution in [0.15, 0.2) is 54.9 Å². The lowest BCUT2D eigenvalue weighted by Gasteiger charge is -2.14. The summed E-state index contributed by atoms with van der Waals surface area (Å²) in [5.74, 6) is -5.07. The summed E-state index contributed by atoms with van der Waals surface area (Å²) in [7, 11) is 1.84. The fourth-order valence-corrected chi connectivity index (χ4v) is 4.18. The maximum atomic E-state index is 13.7. The summed E-state index contributed by atoms with van der Waals surface area (Å²) in [6.07, 6.45) is 3.38. The molecule has 0 radical (unpaired) electrons. The summed E-state index contributed by atoms with van der Waals surface area (Å²) in [6, 6.07) is 10.3. The van der Waals surface area contributed by atoms with Crippen molar-refractivity contribution >= 4 is 27.9 Å². The number of ketones is 1. The highest BCUT2D eigenvalue weighted by Gasteiger charge is 2.21. The van der Waals surface area contributed by atoms with Crippen molar-refractivity contribution in [3.63, 3.8) is 0 Å². The van der Waals surface area contributed by atoms with Crippen LogP contribution in [-0.4, -0.2) is 20.0 Å². The van der Waals surface area contributed by atoms with E-state index in [2.05, 4.69) is 5.10 Å². The molecule has 0 amide bonds. The van der Waals surface area contributed by atoms with Gasteiger partial charge >= 0.3 is 0 Å². The molecule has 0 spiro atoms. The molecule has 2 N–H and O–H groups in total. The van der Waals surface area contributed by atoms with Gasteiger partial charge in [-0.3, -0.25) is 9.48 Å². The Hall–Kier alpha value is -4.07. The highest BCUT2D eigenvalue weighted by molar-refractivity contribution is 6.09. The number of rotatable bonds is 3. The molecule has 3 aromatic heterocycles. The van der Waals surface area contributed by atoms with E-state index in [0.29, 0.717) is 23.3 Å². The van der Waals surface area contributed by atoms with Crippen molar-refractivity contribution in [2.24, 2.45) is 7.05 Å². The Morgan fingerprint density at radius 1 is 1.03 bits per heavy atom. The number of fused-ring (bicyclic) bond motifs is 2. The smallest absolute Gasteiger partial charge is 0.209 e. The van der Waals surface area contributed by atoms with E-state index >= 15 is 0 Å². The zero-order valence-corrected chi connectivity index (χ0v) is 17.2. The quantitative estimate of drug-likeness (QED) is 0.246. The van der Waals surface area contributed by atoms with E-state index in [1.807, 2.05) is 26.1 Å². The van der Waals surface area contributed by atoms with E-state index in [9.17, 15) is 18.0 Å². The van der Waals surface area contributed by atoms with Crippen LogP contribution >= 0.6 is 0 Å². The van der Waals surface area contributed by atoms with Crippen molar-refractivity contribution in [2.75, 3.05) is 5.73 Å². The predicted octanol–water partition coefficient (Wildman–Crippen LogP) is 5.03. The molecule has 0 aliphatic heterocycles. The number of pyridine rings is 1. The van der Waals surface area contributed by atoms with Gasteiger partial charge in [0.1, 0.15) is 0 Å². The number of anilines is 1. The minimum atomic E-state index is -1.61. The fraction of sp³-hybridized carbons (Fsp3) is 0.0833. The molecule has 5 rings (SSSR count). The third kappa shape index (κ3) is 2.80. The number of hydrogen-bond acceptors (Lipinski definition) is 3. The molecule has 32 heavy (non-hydrogen) atoms. The molecule has 160 valence electrons. The largest absolute Gasteiger partial charge is 0.398 e. The minimum Gasteiger partial charge on any atom is -0.398 e. The molecule has 0 bridgehead atoms. The van der Waals surface area contributed by atoms with E-state index < -0.39 is 23.2 Å². The maximum Gasteiger partial charge on any atom is 0.209 e. The lowest BCUT2D eigenvalue weighted by Crippen LogP contribution is -2.07. The minimum absolute atomic E-state index is 0.186. The van der Waals surface area contributed by atoms with Crippen LogP contribution in [0.5, 0.6) is 0 Å². The van der Waals surface area contributed by atoms with Gasteiger partial charge in [0.05, 0.1) is 28.6 Å². The summed E-state index contributed by atoms with van der Waals surface area (Å²) in [6.45, 7) is 1.95. The topological polar surface area (TPSA) is 65.3 Å². The predicted molar refractivity (Wildman–Crippen MR) is 116 cm³/mol. The second-order valence-corrected chi connectivity index (χ2v) is 7.66. The number of benzene rings is 2. The summed E-state index contributed by atoms with van der Waals surface area (Å²) in [5.41, 5.74) is 11.1. The van der Waals surface area contributed by atoms with Gasteiger partial charge in [-0.1, -0.05) is 6.07 Å². The van der Waals surface area contributed by atoms with Gasteiger partial charge in [-0.05, 0) is 48.9 Å². The molecular weight excluding hydrogens is 417 g/mol. The third-order valence-corrected chi connectivity index (χ3v) is 5.73. The van der Waals surface area contributed by atoms with Crippen LogP contribution in [-0.2, 0) is 7.05 Å². The van der Waals surface area contributed by atoms with Crippen molar-refractivity contribution in [3.05, 3.63) is 89.1 Å². The highest BCUT2D eigenvalue weighted by atomic mass is 19.2. The number of aromatic nitrogens is 3. The van der Waals surface area contributed by atoms with Crippen molar-refractivity contribution < 1.29 is 18.0 Å². The molecule has 3 heterocycles. The van der Waals surface area contributed by atoms with Gasteiger partial charge in [0.15, 0.2) is 17.5 Å². The van der Waals surface area contributed by atoms with Crippen molar-refractivity contribution in [1.29, 1.82) is 0 Å². The second kappa shape index (κ2) is 6.98. The van der Waals surface area contributed by atoms with Crippen LogP contribution in [0.2, 0.25) is 0 Å². The molecule has 0 fully saturated rings. The molecule has 2 aromatic carbocycles. The van der Waals surface area contributed by atoms with Gasteiger partial charge in [-0.25, -0.2) is 13.2 Å². The Balaban J connectivity index is 1.70. The Bertz CT molecular complexity index is 1540. The monoisotopic (exact) mass is 434 g/mol. The molecule has 0 unspecified atom stereocenters. The van der Waals surface area contributed by atoms with E-state index in [1.165, 1.54) is 0 Å². The van der Waals surface area contributed by atoms with Crippen molar-refractivity contribution in [3.8, 4) is 11.1 Å². The van der Waals surface area contributed by atoms with Gasteiger partial charge in [-0.2, -0.15) is 5.10 Å². The van der Waals surface area contributed by atoms with Crippen LogP contribution in [0.3, 0.4) is 0 Å². The number of nitrogens with two attached hydrogens (primary N) is 1. The number of aryl methyl sites for hydroxylation is 2. The molecule has 0 saturated carbocycles. The molecule has 8 heteroatoms. The first-order chi connectivity index (χ1) is 15.3. The van der Waals surface area contributed by atoms with Gasteiger partial charge in [0.25, 0.3) is 0 Å². The first kappa shape index (κ1) is 19.9. The van der Waals surface area contributed by atoms with E-state index in [1.54, 1.807) is 39.7 Å². The molecule has 0 aliphatic carbocycles. The SMILES string of the molecule is Cc1cc2c(cnn2C)c(N)c1-c1cccn2c(C(=O)c3cc(F)c(F)c(F)c3)ccc12. The number of halogens is 3. The average Bonchev–Trinajstić information content (AvgIpc) is 3.36. The van der Waals surface area contributed by atoms with Crippen LogP contribution in [0, 0.1) is 24.4 Å². The van der Waals surface area contributed by atoms with Gasteiger partial charge in [0.2, 0.25) is 5.78 Å². The van der Waals surface area contributed by atoms with Crippen molar-refractivity contribution in [1.82, 2.24) is 14.2 Å². The number of hydrogen-bond donors (Lipinski definition) is 1. The van der Waals surface area contributed by atoms with E-state index in [4.69, 9.17) is 5.73 Å². The average molecular weight is 434 g/mol. The van der Waals surface area contributed by atoms with Gasteiger partial charge < -0.3 is 10.1 Å². The Morgan fingerprint density at radius 3 is 2.47 bits per heavy atom. The van der Waals surface area contributed by atoms with Crippen molar-refractivity contribution in [2.45, 2.75) is 6.92 Å². The lowest BCUT2D eigenvalue weighted by atomic mass is 9.96. The number of carbonyl (C=O) groups excluding carboxylic acids is 1. The van der Waals surface area contributed by atoms with Crippen LogP contribution in [0.1, 0.15) is 21.6 Å². The van der Waals surface area contributed by atoms with Crippen LogP contribution in [0.4, 0.5) is 18.9 Å². The number of nitrogens with zero attached hydrogens (tertiary/aromatic N) is 3. The van der Waals surface area contributed by atoms with Crippen LogP contribution < -0.4 is 5.73 Å². The normalized spacial score (nSPS) is 11.5. The molecule has 5 nitrogen and oxygen atoms in total. The molecule has 5 aromatic rings. The Kier molecular flexibility index (Phi) is 4.33. The zero-order chi connectivity index (χ0) is 22.7. The maximum absolute atomic E-state index is 13.7. The standard InChI is InChI=1S/C24H17F3N4O/c1-12-8-20-15(11-29-30(20)2)23(28)21(12)14-4-3-7-31-18(14)5-6-19(31)24(32)13-9-16(25)22(27)17(26)10-13/h3-11H,28H2,1-2H3. The van der Waals surface area contributed by atoms with E-state index in [-0.39, 0.29) is 11.3 Å². The van der Waals surface area contributed by atoms with Crippen LogP contribution in [0.25, 0.3) is 27.5 Å². The highest BCUT2D eigenvalue weighted by Crippen LogP contribution is 2.38. The molecule has 0 saturated heterocycles. The van der Waals surface area contributed by atoms with E-state index in [0.717, 1.165) is 27.6 Å². The summed E-state index contributed by atoms with van der Waals surface area (Å²) < 4.78 is 44.0. The lowest BCUT2D eigenvalue weighted by molar-refractivity contribution is 0.103. The molecular formula is C24H17F3N4O. The fourth-order valence-electron chi connectivity index (χ4n) is 4.18. The molecule has 0 aliphatic rings. The first-order valence-corrected chi connectivity index (χ1v) is 9.78. The third-order valence-electron chi connectivity index (χ3n) is 5.73. The summed E-state index contributed by atoms with van der Waals surface area (Å²) in [5, 5.41) is 5.09. The number of nitrogen functional groups attached to an aromatic ring is 1. The zero-order valence-electron chi connectivity index (χ0n) is 17.2. The first-order valence-electron chi connectivity index (χ1n) is 9.78. The Labute approximate surface area is 180 Å². The van der Waals surface area contributed by atoms with Gasteiger partial charge in [0, 0.05) is 35.3 Å². The van der Waals surface area contributed by atoms with Gasteiger partial charge in [-0.15, -0.1) is 0 Å². The number of carbonyl (C=O) groups is 1. The second-order valence-electron chi connectivity index (χ2n) is 7.66. The summed E-state index contributed by atoms with van der Waals surface area (Å²) in [4.78, 5) is 13.0. The molecule has 0 atom stereocenters. The summed E-state index contributed by atoms with van der Waals surface area (Å²) >= 11 is 0.